The number of hydrogen-bond donors (Lipinski definition) is 2. The van der Waals surface area contributed by atoms with E-state index in [1.807, 2.05) is 31.2 Å². The molecule has 0 saturated carbocycles. The van der Waals surface area contributed by atoms with Gasteiger partial charge in [-0.3, -0.25) is 0 Å². The molecule has 1 unspecified atom stereocenters. The van der Waals surface area contributed by atoms with E-state index in [9.17, 15) is 4.79 Å². The number of urea groups is 1. The van der Waals surface area contributed by atoms with Gasteiger partial charge in [0.25, 0.3) is 0 Å². The van der Waals surface area contributed by atoms with Crippen LogP contribution in [0.25, 0.3) is 0 Å². The van der Waals surface area contributed by atoms with E-state index >= 15 is 0 Å². The molecular weight excluding hydrogens is 336 g/mol. The number of carbonyl (C=O) groups excluding carboxylic acids is 1. The summed E-state index contributed by atoms with van der Waals surface area (Å²) in [6.07, 6.45) is 0. The van der Waals surface area contributed by atoms with E-state index in [4.69, 9.17) is 18.9 Å². The first-order valence-electron chi connectivity index (χ1n) is 8.03. The summed E-state index contributed by atoms with van der Waals surface area (Å²) < 4.78 is 21.0. The molecule has 2 amide bonds. The average Bonchev–Trinajstić information content (AvgIpc) is 2.66. The predicted molar refractivity (Wildman–Crippen MR) is 99.7 cm³/mol. The van der Waals surface area contributed by atoms with Gasteiger partial charge in [-0.2, -0.15) is 0 Å². The third kappa shape index (κ3) is 4.50. The second-order valence-electron chi connectivity index (χ2n) is 5.51. The van der Waals surface area contributed by atoms with Crippen molar-refractivity contribution in [1.29, 1.82) is 0 Å². The predicted octanol–water partition coefficient (Wildman–Crippen LogP) is 3.60. The molecular formula is C19H24N2O5. The first kappa shape index (κ1) is 19.2. The number of ether oxygens (including phenoxy) is 4. The van der Waals surface area contributed by atoms with Gasteiger partial charge in [-0.15, -0.1) is 0 Å². The smallest absolute Gasteiger partial charge is 0.319 e. The summed E-state index contributed by atoms with van der Waals surface area (Å²) in [4.78, 5) is 12.3. The van der Waals surface area contributed by atoms with Crippen LogP contribution in [0.3, 0.4) is 0 Å². The normalized spacial score (nSPS) is 11.3. The van der Waals surface area contributed by atoms with Crippen molar-refractivity contribution in [3.63, 3.8) is 0 Å². The largest absolute Gasteiger partial charge is 0.497 e. The molecule has 0 spiro atoms. The molecule has 26 heavy (non-hydrogen) atoms. The average molecular weight is 360 g/mol. The van der Waals surface area contributed by atoms with Gasteiger partial charge in [0.05, 0.1) is 40.2 Å². The van der Waals surface area contributed by atoms with Crippen molar-refractivity contribution in [3.8, 4) is 23.0 Å². The molecule has 0 aliphatic heterocycles. The highest BCUT2D eigenvalue weighted by Gasteiger charge is 2.15. The van der Waals surface area contributed by atoms with Crippen LogP contribution in [-0.4, -0.2) is 34.5 Å². The Morgan fingerprint density at radius 2 is 1.46 bits per heavy atom. The summed E-state index contributed by atoms with van der Waals surface area (Å²) in [6.45, 7) is 1.90. The minimum absolute atomic E-state index is 0.178. The van der Waals surface area contributed by atoms with Crippen LogP contribution in [-0.2, 0) is 0 Å². The van der Waals surface area contributed by atoms with E-state index in [2.05, 4.69) is 10.6 Å². The molecule has 2 rings (SSSR count). The first-order chi connectivity index (χ1) is 12.5. The Balaban J connectivity index is 2.08. The number of hydrogen-bond acceptors (Lipinski definition) is 5. The van der Waals surface area contributed by atoms with Gasteiger partial charge < -0.3 is 29.6 Å². The lowest BCUT2D eigenvalue weighted by Gasteiger charge is -2.17. The SMILES string of the molecule is COc1ccc(C(C)NC(=O)Nc2cc(OC)c(OC)c(OC)c2)cc1. The molecule has 0 radical (unpaired) electrons. The number of amides is 2. The zero-order valence-corrected chi connectivity index (χ0v) is 15.6. The van der Waals surface area contributed by atoms with Crippen LogP contribution < -0.4 is 29.6 Å². The Labute approximate surface area is 153 Å². The quantitative estimate of drug-likeness (QED) is 0.789. The molecule has 2 N–H and O–H groups in total. The molecule has 0 saturated heterocycles. The van der Waals surface area contributed by atoms with Crippen LogP contribution in [0.5, 0.6) is 23.0 Å². The maximum Gasteiger partial charge on any atom is 0.319 e. The van der Waals surface area contributed by atoms with Crippen molar-refractivity contribution in [2.45, 2.75) is 13.0 Å². The number of anilines is 1. The fraction of sp³-hybridized carbons (Fsp3) is 0.316. The van der Waals surface area contributed by atoms with Crippen LogP contribution in [0.15, 0.2) is 36.4 Å². The molecule has 0 bridgehead atoms. The summed E-state index contributed by atoms with van der Waals surface area (Å²) in [7, 11) is 6.18. The van der Waals surface area contributed by atoms with Crippen molar-refractivity contribution in [2.75, 3.05) is 33.8 Å². The molecule has 2 aromatic rings. The lowest BCUT2D eigenvalue weighted by molar-refractivity contribution is 0.249. The zero-order chi connectivity index (χ0) is 19.1. The van der Waals surface area contributed by atoms with Crippen LogP contribution in [0, 0.1) is 0 Å². The van der Waals surface area contributed by atoms with Crippen molar-refractivity contribution in [2.24, 2.45) is 0 Å². The maximum absolute atomic E-state index is 12.3. The monoisotopic (exact) mass is 360 g/mol. The number of nitrogens with one attached hydrogen (secondary N) is 2. The van der Waals surface area contributed by atoms with Crippen LogP contribution in [0.1, 0.15) is 18.5 Å². The topological polar surface area (TPSA) is 78.1 Å². The second-order valence-corrected chi connectivity index (χ2v) is 5.51. The van der Waals surface area contributed by atoms with E-state index in [0.29, 0.717) is 22.9 Å². The molecule has 0 heterocycles. The first-order valence-corrected chi connectivity index (χ1v) is 8.03. The van der Waals surface area contributed by atoms with Crippen LogP contribution in [0.2, 0.25) is 0 Å². The summed E-state index contributed by atoms with van der Waals surface area (Å²) in [5.41, 5.74) is 1.49. The van der Waals surface area contributed by atoms with E-state index in [-0.39, 0.29) is 12.1 Å². The third-order valence-corrected chi connectivity index (χ3v) is 3.89. The molecule has 7 heteroatoms. The summed E-state index contributed by atoms with van der Waals surface area (Å²) in [6, 6.07) is 10.3. The lowest BCUT2D eigenvalue weighted by atomic mass is 10.1. The number of benzene rings is 2. The Morgan fingerprint density at radius 1 is 0.885 bits per heavy atom. The molecule has 0 aromatic heterocycles. The van der Waals surface area contributed by atoms with Crippen molar-refractivity contribution in [1.82, 2.24) is 5.32 Å². The summed E-state index contributed by atoms with van der Waals surface area (Å²) in [5, 5.41) is 5.66. The molecule has 0 fully saturated rings. The van der Waals surface area contributed by atoms with Crippen LogP contribution in [0.4, 0.5) is 10.5 Å². The highest BCUT2D eigenvalue weighted by atomic mass is 16.5. The van der Waals surface area contributed by atoms with Crippen molar-refractivity contribution >= 4 is 11.7 Å². The van der Waals surface area contributed by atoms with E-state index in [1.165, 1.54) is 21.3 Å². The Bertz CT molecular complexity index is 721. The van der Waals surface area contributed by atoms with Gasteiger partial charge in [-0.1, -0.05) is 12.1 Å². The zero-order valence-electron chi connectivity index (χ0n) is 15.6. The van der Waals surface area contributed by atoms with E-state index < -0.39 is 0 Å². The summed E-state index contributed by atoms with van der Waals surface area (Å²) >= 11 is 0. The van der Waals surface area contributed by atoms with Gasteiger partial charge in [0.1, 0.15) is 5.75 Å². The third-order valence-electron chi connectivity index (χ3n) is 3.89. The van der Waals surface area contributed by atoms with Gasteiger partial charge in [-0.25, -0.2) is 4.79 Å². The summed E-state index contributed by atoms with van der Waals surface area (Å²) in [5.74, 6) is 2.16. The Kier molecular flexibility index (Phi) is 6.54. The molecule has 0 aliphatic carbocycles. The lowest BCUT2D eigenvalue weighted by Crippen LogP contribution is -2.31. The van der Waals surface area contributed by atoms with Gasteiger partial charge in [0, 0.05) is 12.1 Å². The molecule has 7 nitrogen and oxygen atoms in total. The molecule has 1 atom stereocenters. The van der Waals surface area contributed by atoms with Gasteiger partial charge >= 0.3 is 6.03 Å². The van der Waals surface area contributed by atoms with Crippen molar-refractivity contribution < 1.29 is 23.7 Å². The molecule has 140 valence electrons. The number of methoxy groups -OCH3 is 4. The molecule has 2 aromatic carbocycles. The minimum atomic E-state index is -0.345. The fourth-order valence-corrected chi connectivity index (χ4v) is 2.49. The van der Waals surface area contributed by atoms with Crippen molar-refractivity contribution in [3.05, 3.63) is 42.0 Å². The fourth-order valence-electron chi connectivity index (χ4n) is 2.49. The standard InChI is InChI=1S/C19H24N2O5/c1-12(13-6-8-15(23-2)9-7-13)20-19(22)21-14-10-16(24-3)18(26-5)17(11-14)25-4/h6-12H,1-5H3,(H2,20,21,22). The van der Waals surface area contributed by atoms with Gasteiger partial charge in [-0.05, 0) is 24.6 Å². The number of rotatable bonds is 7. The highest BCUT2D eigenvalue weighted by Crippen LogP contribution is 2.39. The maximum atomic E-state index is 12.3. The Morgan fingerprint density at radius 3 is 1.92 bits per heavy atom. The Hall–Kier alpha value is -3.09. The van der Waals surface area contributed by atoms with Gasteiger partial charge in [0.2, 0.25) is 5.75 Å². The number of carbonyl (C=O) groups is 1. The van der Waals surface area contributed by atoms with E-state index in [1.54, 1.807) is 19.2 Å². The highest BCUT2D eigenvalue weighted by molar-refractivity contribution is 5.90. The second kappa shape index (κ2) is 8.84. The van der Waals surface area contributed by atoms with Gasteiger partial charge in [0.15, 0.2) is 11.5 Å². The van der Waals surface area contributed by atoms with Crippen LogP contribution >= 0.6 is 0 Å². The van der Waals surface area contributed by atoms with E-state index in [0.717, 1.165) is 11.3 Å². The minimum Gasteiger partial charge on any atom is -0.497 e. The molecule has 0 aliphatic rings.